The van der Waals surface area contributed by atoms with Gasteiger partial charge in [-0.2, -0.15) is 0 Å². The highest BCUT2D eigenvalue weighted by molar-refractivity contribution is 6.32. The largest absolute Gasteiger partial charge is 0.506 e. The highest BCUT2D eigenvalue weighted by Gasteiger charge is 2.06. The van der Waals surface area contributed by atoms with Crippen LogP contribution < -0.4 is 0 Å². The van der Waals surface area contributed by atoms with Gasteiger partial charge in [0, 0.05) is 6.42 Å². The average Bonchev–Trinajstić information content (AvgIpc) is 1.98. The van der Waals surface area contributed by atoms with Gasteiger partial charge >= 0.3 is 0 Å². The van der Waals surface area contributed by atoms with E-state index in [2.05, 4.69) is 0 Å². The predicted octanol–water partition coefficient (Wildman–Crippen LogP) is 1.97. The van der Waals surface area contributed by atoms with Crippen molar-refractivity contribution in [1.29, 1.82) is 0 Å². The summed E-state index contributed by atoms with van der Waals surface area (Å²) in [5.41, 5.74) is 0.678. The highest BCUT2D eigenvalue weighted by Crippen LogP contribution is 2.27. The van der Waals surface area contributed by atoms with Crippen molar-refractivity contribution >= 4 is 11.6 Å². The summed E-state index contributed by atoms with van der Waals surface area (Å²) in [6.45, 7) is 1.67. The molecule has 0 saturated heterocycles. The number of para-hydroxylation sites is 1. The number of hydrogen-bond donors (Lipinski definition) is 2. The fourth-order valence-corrected chi connectivity index (χ4v) is 1.24. The van der Waals surface area contributed by atoms with Crippen molar-refractivity contribution in [3.8, 4) is 5.75 Å². The molecular formula is C9H11ClO2. The molecule has 0 aromatic heterocycles. The van der Waals surface area contributed by atoms with Gasteiger partial charge in [0.25, 0.3) is 0 Å². The molecule has 0 bridgehead atoms. The quantitative estimate of drug-likeness (QED) is 0.742. The van der Waals surface area contributed by atoms with Crippen LogP contribution in [0.4, 0.5) is 0 Å². The predicted molar refractivity (Wildman–Crippen MR) is 48.5 cm³/mol. The number of benzene rings is 1. The van der Waals surface area contributed by atoms with Gasteiger partial charge < -0.3 is 10.2 Å². The number of rotatable bonds is 2. The lowest BCUT2D eigenvalue weighted by Gasteiger charge is -2.07. The third kappa shape index (κ3) is 2.13. The molecule has 0 amide bonds. The van der Waals surface area contributed by atoms with E-state index in [1.165, 1.54) is 0 Å². The van der Waals surface area contributed by atoms with E-state index in [4.69, 9.17) is 16.7 Å². The second-order valence-corrected chi connectivity index (χ2v) is 3.21. The van der Waals surface area contributed by atoms with Gasteiger partial charge in [0.15, 0.2) is 0 Å². The lowest BCUT2D eigenvalue weighted by atomic mass is 10.1. The molecule has 2 N–H and O–H groups in total. The van der Waals surface area contributed by atoms with E-state index in [0.717, 1.165) is 0 Å². The minimum Gasteiger partial charge on any atom is -0.506 e. The monoisotopic (exact) mass is 186 g/mol. The molecule has 3 heteroatoms. The van der Waals surface area contributed by atoms with Gasteiger partial charge in [0.2, 0.25) is 0 Å². The first-order valence-electron chi connectivity index (χ1n) is 3.75. The molecule has 0 radical (unpaired) electrons. The van der Waals surface area contributed by atoms with Crippen molar-refractivity contribution in [2.24, 2.45) is 0 Å². The van der Waals surface area contributed by atoms with Crippen LogP contribution >= 0.6 is 11.6 Å². The fourth-order valence-electron chi connectivity index (χ4n) is 1.04. The van der Waals surface area contributed by atoms with Crippen LogP contribution in [0.5, 0.6) is 5.75 Å². The second kappa shape index (κ2) is 3.78. The van der Waals surface area contributed by atoms with Crippen molar-refractivity contribution in [1.82, 2.24) is 0 Å². The van der Waals surface area contributed by atoms with Crippen LogP contribution in [0.25, 0.3) is 0 Å². The van der Waals surface area contributed by atoms with Crippen molar-refractivity contribution < 1.29 is 10.2 Å². The molecule has 12 heavy (non-hydrogen) atoms. The Morgan fingerprint density at radius 1 is 1.50 bits per heavy atom. The Balaban J connectivity index is 2.92. The summed E-state index contributed by atoms with van der Waals surface area (Å²) in [4.78, 5) is 0. The van der Waals surface area contributed by atoms with Crippen molar-refractivity contribution in [2.45, 2.75) is 19.4 Å². The maximum absolute atomic E-state index is 9.40. The van der Waals surface area contributed by atoms with Gasteiger partial charge in [-0.15, -0.1) is 0 Å². The van der Waals surface area contributed by atoms with Crippen LogP contribution in [-0.4, -0.2) is 16.3 Å². The van der Waals surface area contributed by atoms with Crippen molar-refractivity contribution in [2.75, 3.05) is 0 Å². The zero-order valence-corrected chi connectivity index (χ0v) is 7.54. The third-order valence-corrected chi connectivity index (χ3v) is 1.89. The molecule has 1 aromatic carbocycles. The zero-order chi connectivity index (χ0) is 9.14. The molecule has 0 saturated carbocycles. The first kappa shape index (κ1) is 9.36. The number of phenols is 1. The molecule has 0 fully saturated rings. The standard InChI is InChI=1S/C9H11ClO2/c1-6(11)5-7-3-2-4-8(10)9(7)12/h2-4,6,11-12H,5H2,1H3/t6-/m1/s1. The first-order valence-corrected chi connectivity index (χ1v) is 4.13. The second-order valence-electron chi connectivity index (χ2n) is 2.80. The Hall–Kier alpha value is -0.730. The van der Waals surface area contributed by atoms with E-state index >= 15 is 0 Å². The van der Waals surface area contributed by atoms with E-state index < -0.39 is 6.10 Å². The minimum atomic E-state index is -0.464. The van der Waals surface area contributed by atoms with Crippen molar-refractivity contribution in [3.63, 3.8) is 0 Å². The SMILES string of the molecule is C[C@@H](O)Cc1cccc(Cl)c1O. The van der Waals surface area contributed by atoms with E-state index in [9.17, 15) is 5.11 Å². The van der Waals surface area contributed by atoms with E-state index in [1.807, 2.05) is 0 Å². The molecule has 0 spiro atoms. The molecule has 0 heterocycles. The molecule has 66 valence electrons. The normalized spacial score (nSPS) is 12.9. The number of halogens is 1. The molecule has 0 aliphatic carbocycles. The number of aromatic hydroxyl groups is 1. The summed E-state index contributed by atoms with van der Waals surface area (Å²) >= 11 is 5.67. The minimum absolute atomic E-state index is 0.0695. The summed E-state index contributed by atoms with van der Waals surface area (Å²) in [6, 6.07) is 5.11. The Labute approximate surface area is 76.4 Å². The van der Waals surface area contributed by atoms with Gasteiger partial charge in [-0.25, -0.2) is 0 Å². The number of phenolic OH excluding ortho intramolecular Hbond substituents is 1. The third-order valence-electron chi connectivity index (χ3n) is 1.59. The summed E-state index contributed by atoms with van der Waals surface area (Å²) in [5, 5.41) is 18.8. The van der Waals surface area contributed by atoms with Crippen LogP contribution in [-0.2, 0) is 6.42 Å². The molecular weight excluding hydrogens is 176 g/mol. The van der Waals surface area contributed by atoms with Gasteiger partial charge in [-0.3, -0.25) is 0 Å². The smallest absolute Gasteiger partial charge is 0.137 e. The van der Waals surface area contributed by atoms with Crippen LogP contribution in [0.15, 0.2) is 18.2 Å². The number of aliphatic hydroxyl groups excluding tert-OH is 1. The van der Waals surface area contributed by atoms with Gasteiger partial charge in [0.05, 0.1) is 11.1 Å². The van der Waals surface area contributed by atoms with Crippen LogP contribution in [0.3, 0.4) is 0 Å². The maximum atomic E-state index is 9.40. The Kier molecular flexibility index (Phi) is 2.95. The van der Waals surface area contributed by atoms with Crippen LogP contribution in [0.2, 0.25) is 5.02 Å². The maximum Gasteiger partial charge on any atom is 0.137 e. The van der Waals surface area contributed by atoms with Gasteiger partial charge in [-0.1, -0.05) is 23.7 Å². The van der Waals surface area contributed by atoms with Crippen LogP contribution in [0.1, 0.15) is 12.5 Å². The molecule has 1 rings (SSSR count). The zero-order valence-electron chi connectivity index (χ0n) is 6.79. The van der Waals surface area contributed by atoms with Crippen LogP contribution in [0, 0.1) is 0 Å². The Morgan fingerprint density at radius 2 is 2.17 bits per heavy atom. The van der Waals surface area contributed by atoms with E-state index in [0.29, 0.717) is 17.0 Å². The topological polar surface area (TPSA) is 40.5 Å². The van der Waals surface area contributed by atoms with Gasteiger partial charge in [0.1, 0.15) is 5.75 Å². The van der Waals surface area contributed by atoms with Gasteiger partial charge in [-0.05, 0) is 18.6 Å². The lowest BCUT2D eigenvalue weighted by Crippen LogP contribution is -2.04. The molecule has 0 aliphatic rings. The Bertz CT molecular complexity index is 271. The fraction of sp³-hybridized carbons (Fsp3) is 0.333. The summed E-state index contributed by atoms with van der Waals surface area (Å²) in [6.07, 6.45) is -0.0405. The summed E-state index contributed by atoms with van der Waals surface area (Å²) < 4.78 is 0. The van der Waals surface area contributed by atoms with Crippen molar-refractivity contribution in [3.05, 3.63) is 28.8 Å². The first-order chi connectivity index (χ1) is 5.61. The summed E-state index contributed by atoms with van der Waals surface area (Å²) in [7, 11) is 0. The molecule has 2 nitrogen and oxygen atoms in total. The molecule has 0 unspecified atom stereocenters. The Morgan fingerprint density at radius 3 is 2.75 bits per heavy atom. The highest BCUT2D eigenvalue weighted by atomic mass is 35.5. The molecule has 1 aromatic rings. The van der Waals surface area contributed by atoms with E-state index in [1.54, 1.807) is 25.1 Å². The molecule has 0 aliphatic heterocycles. The number of hydrogen-bond acceptors (Lipinski definition) is 2. The number of aliphatic hydroxyl groups is 1. The molecule has 1 atom stereocenters. The lowest BCUT2D eigenvalue weighted by molar-refractivity contribution is 0.194. The average molecular weight is 187 g/mol. The van der Waals surface area contributed by atoms with E-state index in [-0.39, 0.29) is 5.75 Å². The summed E-state index contributed by atoms with van der Waals surface area (Å²) in [5.74, 6) is 0.0695.